The highest BCUT2D eigenvalue weighted by atomic mass is 32.1. The summed E-state index contributed by atoms with van der Waals surface area (Å²) in [5.74, 6) is -0.768. The van der Waals surface area contributed by atoms with Gasteiger partial charge in [-0.1, -0.05) is 30.4 Å². The van der Waals surface area contributed by atoms with E-state index in [4.69, 9.17) is 9.15 Å². The minimum Gasteiger partial charge on any atom is -0.494 e. The van der Waals surface area contributed by atoms with Crippen molar-refractivity contribution in [2.75, 3.05) is 11.5 Å². The van der Waals surface area contributed by atoms with Gasteiger partial charge in [0, 0.05) is 6.92 Å². The van der Waals surface area contributed by atoms with Crippen molar-refractivity contribution in [2.45, 2.75) is 33.2 Å². The number of fused-ring (bicyclic) bond motifs is 2. The van der Waals surface area contributed by atoms with Gasteiger partial charge in [0.15, 0.2) is 16.3 Å². The molecule has 7 nitrogen and oxygen atoms in total. The van der Waals surface area contributed by atoms with Crippen LogP contribution in [0.1, 0.15) is 63.4 Å². The van der Waals surface area contributed by atoms with E-state index >= 15 is 0 Å². The fourth-order valence-corrected chi connectivity index (χ4v) is 5.22. The first-order valence-corrected chi connectivity index (χ1v) is 11.9. The molecule has 3 heterocycles. The number of hydrogen-bond acceptors (Lipinski definition) is 7. The van der Waals surface area contributed by atoms with Gasteiger partial charge in [-0.3, -0.25) is 19.3 Å². The molecular weight excluding hydrogens is 471 g/mol. The van der Waals surface area contributed by atoms with Crippen LogP contribution < -0.4 is 15.1 Å². The molecule has 0 saturated heterocycles. The van der Waals surface area contributed by atoms with Crippen molar-refractivity contribution in [3.63, 3.8) is 0 Å². The average Bonchev–Trinajstić information content (AvgIpc) is 3.36. The summed E-state index contributed by atoms with van der Waals surface area (Å²) < 4.78 is 25.5. The van der Waals surface area contributed by atoms with Crippen LogP contribution >= 0.6 is 11.3 Å². The Morgan fingerprint density at radius 2 is 1.94 bits per heavy atom. The monoisotopic (exact) mass is 492 g/mol. The Balaban J connectivity index is 1.73. The van der Waals surface area contributed by atoms with Gasteiger partial charge in [-0.25, -0.2) is 9.37 Å². The number of aryl methyl sites for hydroxylation is 1. The van der Waals surface area contributed by atoms with E-state index in [0.717, 1.165) is 23.8 Å². The Bertz CT molecular complexity index is 1540. The van der Waals surface area contributed by atoms with Crippen LogP contribution in [0.3, 0.4) is 0 Å². The normalized spacial score (nSPS) is 15.0. The standard InChI is InChI=1S/C26H21FN2O5S/c1-4-11-33-17-8-5-15(6-9-17)21-20-22(31)18-12-16(27)7-10-19(18)34-23(20)25(32)29(21)26-28-13(2)24(35-26)14(3)30/h5-10,12,21H,4,11H2,1-3H3/t21-/m0/s1. The summed E-state index contributed by atoms with van der Waals surface area (Å²) in [6.45, 7) is 5.69. The van der Waals surface area contributed by atoms with Gasteiger partial charge >= 0.3 is 0 Å². The fraction of sp³-hybridized carbons (Fsp3) is 0.231. The van der Waals surface area contributed by atoms with Crippen molar-refractivity contribution in [3.05, 3.63) is 86.0 Å². The molecule has 0 aliphatic carbocycles. The van der Waals surface area contributed by atoms with Crippen LogP contribution in [0, 0.1) is 12.7 Å². The summed E-state index contributed by atoms with van der Waals surface area (Å²) in [5, 5.41) is 0.320. The summed E-state index contributed by atoms with van der Waals surface area (Å²) in [4.78, 5) is 45.5. The number of halogens is 1. The molecule has 4 aromatic rings. The minimum absolute atomic E-state index is 0.0473. The van der Waals surface area contributed by atoms with Crippen LogP contribution in [0.2, 0.25) is 0 Å². The van der Waals surface area contributed by atoms with Crippen LogP contribution in [0.25, 0.3) is 11.0 Å². The molecule has 0 saturated carbocycles. The maximum absolute atomic E-state index is 14.0. The van der Waals surface area contributed by atoms with Crippen molar-refractivity contribution in [1.29, 1.82) is 0 Å². The molecule has 2 aromatic heterocycles. The van der Waals surface area contributed by atoms with Gasteiger partial charge in [0.1, 0.15) is 17.1 Å². The zero-order chi connectivity index (χ0) is 24.9. The number of amides is 1. The summed E-state index contributed by atoms with van der Waals surface area (Å²) in [7, 11) is 0. The molecule has 2 aromatic carbocycles. The Kier molecular flexibility index (Phi) is 5.72. The molecule has 0 radical (unpaired) electrons. The van der Waals surface area contributed by atoms with E-state index in [2.05, 4.69) is 4.98 Å². The maximum atomic E-state index is 14.0. The van der Waals surface area contributed by atoms with Gasteiger partial charge in [-0.2, -0.15) is 0 Å². The first kappa shape index (κ1) is 22.9. The lowest BCUT2D eigenvalue weighted by Gasteiger charge is -2.22. The zero-order valence-corrected chi connectivity index (χ0v) is 20.1. The van der Waals surface area contributed by atoms with E-state index in [1.807, 2.05) is 6.92 Å². The second kappa shape index (κ2) is 8.74. The number of nitrogens with zero attached hydrogens (tertiary/aromatic N) is 2. The van der Waals surface area contributed by atoms with E-state index < -0.39 is 23.2 Å². The number of anilines is 1. The van der Waals surface area contributed by atoms with Gasteiger partial charge in [-0.15, -0.1) is 0 Å². The number of ketones is 1. The molecule has 1 atom stereocenters. The van der Waals surface area contributed by atoms with Crippen LogP contribution in [0.15, 0.2) is 51.7 Å². The van der Waals surface area contributed by atoms with E-state index in [9.17, 15) is 18.8 Å². The Morgan fingerprint density at radius 1 is 1.20 bits per heavy atom. The van der Waals surface area contributed by atoms with Gasteiger partial charge in [0.2, 0.25) is 5.76 Å². The minimum atomic E-state index is -0.869. The maximum Gasteiger partial charge on any atom is 0.297 e. The van der Waals surface area contributed by atoms with Crippen molar-refractivity contribution >= 4 is 39.1 Å². The SMILES string of the molecule is CCCOc1ccc([C@H]2c3c(oc4ccc(F)cc4c3=O)C(=O)N2c2nc(C)c(C(C)=O)s2)cc1. The number of ether oxygens (including phenoxy) is 1. The second-order valence-electron chi connectivity index (χ2n) is 8.28. The Labute approximate surface area is 203 Å². The molecule has 0 N–H and O–H groups in total. The lowest BCUT2D eigenvalue weighted by Crippen LogP contribution is -2.29. The van der Waals surface area contributed by atoms with E-state index in [0.29, 0.717) is 28.5 Å². The van der Waals surface area contributed by atoms with E-state index in [1.165, 1.54) is 24.0 Å². The number of hydrogen-bond donors (Lipinski definition) is 0. The molecule has 0 bridgehead atoms. The lowest BCUT2D eigenvalue weighted by molar-refractivity contribution is 0.0969. The third-order valence-corrected chi connectivity index (χ3v) is 7.07. The molecule has 5 rings (SSSR count). The second-order valence-corrected chi connectivity index (χ2v) is 9.25. The van der Waals surface area contributed by atoms with Crippen LogP contribution in [-0.4, -0.2) is 23.3 Å². The molecule has 0 spiro atoms. The van der Waals surface area contributed by atoms with Crippen molar-refractivity contribution in [1.82, 2.24) is 4.98 Å². The Morgan fingerprint density at radius 3 is 2.60 bits per heavy atom. The molecule has 1 aliphatic heterocycles. The number of Topliss-reactive ketones (excluding diaryl/α,β-unsaturated/α-hetero) is 1. The lowest BCUT2D eigenvalue weighted by atomic mass is 9.98. The molecule has 178 valence electrons. The zero-order valence-electron chi connectivity index (χ0n) is 19.3. The highest BCUT2D eigenvalue weighted by molar-refractivity contribution is 7.17. The first-order chi connectivity index (χ1) is 16.8. The average molecular weight is 493 g/mol. The van der Waals surface area contributed by atoms with E-state index in [-0.39, 0.29) is 33.2 Å². The summed E-state index contributed by atoms with van der Waals surface area (Å²) in [5.41, 5.74) is 0.851. The molecule has 0 unspecified atom stereocenters. The van der Waals surface area contributed by atoms with Gasteiger partial charge < -0.3 is 9.15 Å². The molecule has 1 aliphatic rings. The van der Waals surface area contributed by atoms with Crippen molar-refractivity contribution in [2.24, 2.45) is 0 Å². The van der Waals surface area contributed by atoms with Crippen LogP contribution in [-0.2, 0) is 0 Å². The predicted octanol–water partition coefficient (Wildman–Crippen LogP) is 5.44. The summed E-state index contributed by atoms with van der Waals surface area (Å²) in [6, 6.07) is 9.81. The highest BCUT2D eigenvalue weighted by Crippen LogP contribution is 2.43. The molecular formula is C26H21FN2O5S. The molecule has 35 heavy (non-hydrogen) atoms. The van der Waals surface area contributed by atoms with Crippen LogP contribution in [0.4, 0.5) is 9.52 Å². The summed E-state index contributed by atoms with van der Waals surface area (Å²) >= 11 is 1.08. The topological polar surface area (TPSA) is 89.7 Å². The number of thiazole rings is 1. The molecule has 1 amide bonds. The highest BCUT2D eigenvalue weighted by Gasteiger charge is 2.45. The van der Waals surface area contributed by atoms with Gasteiger partial charge in [-0.05, 0) is 49.2 Å². The predicted molar refractivity (Wildman–Crippen MR) is 130 cm³/mol. The number of benzene rings is 2. The molecule has 0 fully saturated rings. The summed E-state index contributed by atoms with van der Waals surface area (Å²) in [6.07, 6.45) is 0.854. The third-order valence-electron chi connectivity index (χ3n) is 5.81. The van der Waals surface area contributed by atoms with Gasteiger partial charge in [0.25, 0.3) is 5.91 Å². The number of carbonyl (C=O) groups is 2. The van der Waals surface area contributed by atoms with Crippen molar-refractivity contribution < 1.29 is 23.1 Å². The largest absolute Gasteiger partial charge is 0.494 e. The Hall–Kier alpha value is -3.85. The fourth-order valence-electron chi connectivity index (χ4n) is 4.24. The number of rotatable bonds is 6. The van der Waals surface area contributed by atoms with E-state index in [1.54, 1.807) is 31.2 Å². The smallest absolute Gasteiger partial charge is 0.297 e. The van der Waals surface area contributed by atoms with Gasteiger partial charge in [0.05, 0.1) is 34.2 Å². The quantitative estimate of drug-likeness (QED) is 0.333. The van der Waals surface area contributed by atoms with Crippen LogP contribution in [0.5, 0.6) is 5.75 Å². The van der Waals surface area contributed by atoms with Crippen molar-refractivity contribution in [3.8, 4) is 5.75 Å². The number of carbonyl (C=O) groups excluding carboxylic acids is 2. The first-order valence-electron chi connectivity index (χ1n) is 11.1. The number of aromatic nitrogens is 1. The molecule has 9 heteroatoms. The third kappa shape index (κ3) is 3.81.